The second-order valence-electron chi connectivity index (χ2n) is 3.51. The van der Waals surface area contributed by atoms with Crippen LogP contribution in [0.25, 0.3) is 0 Å². The third kappa shape index (κ3) is 2.53. The highest BCUT2D eigenvalue weighted by atomic mass is 127. The molecule has 1 aromatic rings. The molecule has 1 aliphatic rings. The van der Waals surface area contributed by atoms with Gasteiger partial charge in [0.05, 0.1) is 12.8 Å². The fourth-order valence-corrected chi connectivity index (χ4v) is 2.03. The van der Waals surface area contributed by atoms with Crippen molar-refractivity contribution in [2.45, 2.75) is 25.4 Å². The van der Waals surface area contributed by atoms with Crippen molar-refractivity contribution in [3.63, 3.8) is 0 Å². The van der Waals surface area contributed by atoms with Crippen molar-refractivity contribution in [3.05, 3.63) is 15.5 Å². The zero-order valence-corrected chi connectivity index (χ0v) is 10.7. The van der Waals surface area contributed by atoms with E-state index >= 15 is 0 Å². The monoisotopic (exact) mass is 341 g/mol. The summed E-state index contributed by atoms with van der Waals surface area (Å²) in [4.78, 5) is 4.25. The van der Waals surface area contributed by atoms with E-state index in [2.05, 4.69) is 9.72 Å². The molecule has 0 N–H and O–H groups in total. The maximum absolute atomic E-state index is 12.3. The Labute approximate surface area is 105 Å². The van der Waals surface area contributed by atoms with Gasteiger partial charge in [0, 0.05) is 12.0 Å². The number of rotatable bonds is 4. The molecule has 0 aliphatic heterocycles. The van der Waals surface area contributed by atoms with Gasteiger partial charge in [0.1, 0.15) is 3.70 Å². The normalized spacial score (nSPS) is 15.3. The van der Waals surface area contributed by atoms with Crippen LogP contribution in [0, 0.1) is 3.70 Å². The first-order chi connectivity index (χ1) is 7.61. The van der Waals surface area contributed by atoms with E-state index in [1.165, 1.54) is 7.11 Å². The lowest BCUT2D eigenvalue weighted by Gasteiger charge is -2.13. The molecule has 0 amide bonds. The van der Waals surface area contributed by atoms with Crippen LogP contribution in [-0.2, 0) is 0 Å². The fraction of sp³-hybridized carbons (Fsp3) is 0.500. The summed E-state index contributed by atoms with van der Waals surface area (Å²) in [6, 6.07) is 1.59. The maximum Gasteiger partial charge on any atom is 0.387 e. The van der Waals surface area contributed by atoms with Crippen molar-refractivity contribution in [3.8, 4) is 11.5 Å². The standard InChI is InChI=1S/C10H10F2INO2/c1-15-6-4-7(13)14-8(5-2-3-5)9(6)16-10(11)12/h4-5,10H,2-3H2,1H3. The summed E-state index contributed by atoms with van der Waals surface area (Å²) >= 11 is 2.03. The summed E-state index contributed by atoms with van der Waals surface area (Å²) < 4.78 is 34.8. The second-order valence-corrected chi connectivity index (χ2v) is 4.62. The topological polar surface area (TPSA) is 31.4 Å². The fourth-order valence-electron chi connectivity index (χ4n) is 1.49. The molecule has 1 aromatic heterocycles. The molecule has 0 unspecified atom stereocenters. The van der Waals surface area contributed by atoms with E-state index in [0.717, 1.165) is 16.5 Å². The van der Waals surface area contributed by atoms with Gasteiger partial charge >= 0.3 is 6.61 Å². The van der Waals surface area contributed by atoms with Gasteiger partial charge < -0.3 is 9.47 Å². The van der Waals surface area contributed by atoms with Crippen LogP contribution in [0.4, 0.5) is 8.78 Å². The van der Waals surface area contributed by atoms with Crippen molar-refractivity contribution < 1.29 is 18.3 Å². The van der Waals surface area contributed by atoms with Crippen molar-refractivity contribution in [1.82, 2.24) is 4.98 Å². The Morgan fingerprint density at radius 3 is 2.69 bits per heavy atom. The summed E-state index contributed by atoms with van der Waals surface area (Å²) in [5.74, 6) is 0.638. The number of methoxy groups -OCH3 is 1. The molecule has 2 rings (SSSR count). The molecule has 0 aromatic carbocycles. The van der Waals surface area contributed by atoms with E-state index in [-0.39, 0.29) is 11.7 Å². The minimum Gasteiger partial charge on any atom is -0.493 e. The van der Waals surface area contributed by atoms with Gasteiger partial charge in [-0.25, -0.2) is 4.98 Å². The van der Waals surface area contributed by atoms with Gasteiger partial charge in [0.15, 0.2) is 11.5 Å². The van der Waals surface area contributed by atoms with Crippen molar-refractivity contribution in [2.75, 3.05) is 7.11 Å². The zero-order valence-electron chi connectivity index (χ0n) is 8.54. The number of nitrogens with zero attached hydrogens (tertiary/aromatic N) is 1. The van der Waals surface area contributed by atoms with Crippen LogP contribution in [-0.4, -0.2) is 18.7 Å². The average Bonchev–Trinajstić information content (AvgIpc) is 3.02. The molecule has 88 valence electrons. The number of ether oxygens (including phenoxy) is 2. The number of pyridine rings is 1. The summed E-state index contributed by atoms with van der Waals surface area (Å²) in [7, 11) is 1.43. The molecule has 1 saturated carbocycles. The summed E-state index contributed by atoms with van der Waals surface area (Å²) in [5, 5.41) is 0. The number of hydrogen-bond acceptors (Lipinski definition) is 3. The van der Waals surface area contributed by atoms with Crippen LogP contribution in [0.2, 0.25) is 0 Å². The summed E-state index contributed by atoms with van der Waals surface area (Å²) in [6.45, 7) is -2.85. The number of aromatic nitrogens is 1. The van der Waals surface area contributed by atoms with Crippen molar-refractivity contribution in [1.29, 1.82) is 0 Å². The van der Waals surface area contributed by atoms with Crippen LogP contribution in [0.3, 0.4) is 0 Å². The molecular formula is C10H10F2INO2. The van der Waals surface area contributed by atoms with Gasteiger partial charge in [-0.3, -0.25) is 0 Å². The molecule has 1 fully saturated rings. The Morgan fingerprint density at radius 1 is 1.50 bits per heavy atom. The molecule has 0 atom stereocenters. The van der Waals surface area contributed by atoms with Gasteiger partial charge in [-0.2, -0.15) is 8.78 Å². The highest BCUT2D eigenvalue weighted by molar-refractivity contribution is 14.1. The highest BCUT2D eigenvalue weighted by Crippen LogP contribution is 2.47. The number of halogens is 3. The Balaban J connectivity index is 2.42. The lowest BCUT2D eigenvalue weighted by Crippen LogP contribution is -2.07. The summed E-state index contributed by atoms with van der Waals surface area (Å²) in [5.41, 5.74) is 0.587. The number of alkyl halides is 2. The smallest absolute Gasteiger partial charge is 0.387 e. The predicted molar refractivity (Wildman–Crippen MR) is 62.1 cm³/mol. The van der Waals surface area contributed by atoms with E-state index in [9.17, 15) is 8.78 Å². The zero-order chi connectivity index (χ0) is 11.7. The van der Waals surface area contributed by atoms with Gasteiger partial charge in [0.25, 0.3) is 0 Å². The van der Waals surface area contributed by atoms with Crippen molar-refractivity contribution in [2.24, 2.45) is 0 Å². The van der Waals surface area contributed by atoms with Crippen molar-refractivity contribution >= 4 is 22.6 Å². The van der Waals surface area contributed by atoms with Crippen LogP contribution >= 0.6 is 22.6 Å². The van der Waals surface area contributed by atoms with E-state index < -0.39 is 6.61 Å². The minimum atomic E-state index is -2.85. The van der Waals surface area contributed by atoms with Gasteiger partial charge in [-0.05, 0) is 35.4 Å². The maximum atomic E-state index is 12.3. The molecule has 1 aliphatic carbocycles. The molecule has 16 heavy (non-hydrogen) atoms. The molecule has 0 radical (unpaired) electrons. The summed E-state index contributed by atoms with van der Waals surface area (Å²) in [6.07, 6.45) is 1.94. The van der Waals surface area contributed by atoms with Crippen LogP contribution < -0.4 is 9.47 Å². The van der Waals surface area contributed by atoms with Gasteiger partial charge in [-0.15, -0.1) is 0 Å². The molecular weight excluding hydrogens is 331 g/mol. The van der Waals surface area contributed by atoms with E-state index in [0.29, 0.717) is 11.4 Å². The largest absolute Gasteiger partial charge is 0.493 e. The Kier molecular flexibility index (Phi) is 3.46. The lowest BCUT2D eigenvalue weighted by atomic mass is 10.2. The van der Waals surface area contributed by atoms with Crippen LogP contribution in [0.5, 0.6) is 11.5 Å². The first-order valence-corrected chi connectivity index (χ1v) is 5.89. The molecule has 0 spiro atoms. The third-order valence-corrected chi connectivity index (χ3v) is 2.88. The first kappa shape index (κ1) is 11.8. The van der Waals surface area contributed by atoms with Gasteiger partial charge in [0.2, 0.25) is 0 Å². The van der Waals surface area contributed by atoms with Gasteiger partial charge in [-0.1, -0.05) is 0 Å². The predicted octanol–water partition coefficient (Wildman–Crippen LogP) is 3.17. The lowest BCUT2D eigenvalue weighted by molar-refractivity contribution is -0.0521. The quantitative estimate of drug-likeness (QED) is 0.623. The number of hydrogen-bond donors (Lipinski definition) is 0. The Bertz CT molecular complexity index is 397. The SMILES string of the molecule is COc1cc(I)nc(C2CC2)c1OC(F)F. The average molecular weight is 341 g/mol. The van der Waals surface area contributed by atoms with E-state index in [4.69, 9.17) is 4.74 Å². The third-order valence-electron chi connectivity index (χ3n) is 2.32. The van der Waals surface area contributed by atoms with Crippen LogP contribution in [0.15, 0.2) is 6.07 Å². The second kappa shape index (κ2) is 4.68. The Morgan fingerprint density at radius 2 is 2.19 bits per heavy atom. The highest BCUT2D eigenvalue weighted by Gasteiger charge is 2.31. The van der Waals surface area contributed by atoms with E-state index in [1.807, 2.05) is 22.6 Å². The molecule has 0 bridgehead atoms. The molecule has 3 nitrogen and oxygen atoms in total. The van der Waals surface area contributed by atoms with E-state index in [1.54, 1.807) is 6.07 Å². The molecule has 0 saturated heterocycles. The first-order valence-electron chi connectivity index (χ1n) is 4.81. The molecule has 6 heteroatoms. The Hall–Kier alpha value is -0.660. The minimum absolute atomic E-state index is 0.0837. The van der Waals surface area contributed by atoms with Crippen LogP contribution in [0.1, 0.15) is 24.5 Å². The molecule has 1 heterocycles.